The average Bonchev–Trinajstić information content (AvgIpc) is 3.21. The van der Waals surface area contributed by atoms with Crippen LogP contribution in [0.15, 0.2) is 30.3 Å². The van der Waals surface area contributed by atoms with Crippen molar-refractivity contribution in [1.29, 1.82) is 0 Å². The van der Waals surface area contributed by atoms with Crippen LogP contribution in [-0.4, -0.2) is 45.7 Å². The van der Waals surface area contributed by atoms with Crippen LogP contribution in [0.3, 0.4) is 0 Å². The van der Waals surface area contributed by atoms with Crippen molar-refractivity contribution >= 4 is 5.91 Å². The van der Waals surface area contributed by atoms with E-state index in [-0.39, 0.29) is 11.9 Å². The number of fused-ring (bicyclic) bond motifs is 3. The Kier molecular flexibility index (Phi) is 4.45. The zero-order chi connectivity index (χ0) is 18.2. The van der Waals surface area contributed by atoms with Gasteiger partial charge in [0.15, 0.2) is 5.69 Å². The molecule has 2 bridgehead atoms. The van der Waals surface area contributed by atoms with E-state index in [4.69, 9.17) is 0 Å². The van der Waals surface area contributed by atoms with Crippen LogP contribution in [0, 0.1) is 0 Å². The van der Waals surface area contributed by atoms with Gasteiger partial charge in [0, 0.05) is 55.4 Å². The lowest BCUT2D eigenvalue weighted by Gasteiger charge is -2.39. The minimum absolute atomic E-state index is 0.0166. The smallest absolute Gasteiger partial charge is 0.272 e. The maximum Gasteiger partial charge on any atom is 0.272 e. The second kappa shape index (κ2) is 7.09. The van der Waals surface area contributed by atoms with Crippen molar-refractivity contribution in [2.24, 2.45) is 0 Å². The van der Waals surface area contributed by atoms with Gasteiger partial charge in [0.25, 0.3) is 5.91 Å². The lowest BCUT2D eigenvalue weighted by Crippen LogP contribution is -2.50. The Morgan fingerprint density at radius 1 is 1.19 bits per heavy atom. The van der Waals surface area contributed by atoms with Gasteiger partial charge < -0.3 is 10.6 Å². The summed E-state index contributed by atoms with van der Waals surface area (Å²) in [7, 11) is 0. The van der Waals surface area contributed by atoms with Crippen molar-refractivity contribution in [2.75, 3.05) is 6.54 Å². The molecule has 142 valence electrons. The summed E-state index contributed by atoms with van der Waals surface area (Å²) in [5.74, 6) is -0.0166. The number of benzene rings is 1. The SMILES string of the molecule is O=C(NC1CC2CCC(C1)N2Cc1ccccc1)c1n[nH]c2c1CNCC2. The molecule has 4 heterocycles. The van der Waals surface area contributed by atoms with Crippen LogP contribution >= 0.6 is 0 Å². The molecule has 0 radical (unpaired) electrons. The second-order valence-electron chi connectivity index (χ2n) is 8.14. The quantitative estimate of drug-likeness (QED) is 0.775. The molecule has 5 rings (SSSR count). The number of aromatic amines is 1. The van der Waals surface area contributed by atoms with Crippen LogP contribution in [0.5, 0.6) is 0 Å². The molecule has 3 aliphatic heterocycles. The minimum Gasteiger partial charge on any atom is -0.348 e. The molecule has 3 N–H and O–H groups in total. The normalized spacial score (nSPS) is 27.3. The standard InChI is InChI=1S/C21H27N5O/c27-21(20-18-12-22-9-8-19(18)24-25-20)23-15-10-16-6-7-17(11-15)26(16)13-14-4-2-1-3-5-14/h1-5,15-17,22H,6-13H2,(H,23,27)(H,24,25). The first-order valence-electron chi connectivity index (χ1n) is 10.2. The highest BCUT2D eigenvalue weighted by Gasteiger charge is 2.41. The summed E-state index contributed by atoms with van der Waals surface area (Å²) in [5.41, 5.74) is 4.11. The van der Waals surface area contributed by atoms with Crippen molar-refractivity contribution in [3.05, 3.63) is 52.8 Å². The summed E-state index contributed by atoms with van der Waals surface area (Å²) in [6.07, 6.45) is 5.48. The summed E-state index contributed by atoms with van der Waals surface area (Å²) >= 11 is 0. The first-order chi connectivity index (χ1) is 13.3. The van der Waals surface area contributed by atoms with E-state index in [1.807, 2.05) is 0 Å². The molecule has 0 spiro atoms. The highest BCUT2D eigenvalue weighted by molar-refractivity contribution is 5.94. The van der Waals surface area contributed by atoms with Crippen LogP contribution < -0.4 is 10.6 Å². The molecule has 2 unspecified atom stereocenters. The zero-order valence-corrected chi connectivity index (χ0v) is 15.6. The number of carbonyl (C=O) groups excluding carboxylic acids is 1. The van der Waals surface area contributed by atoms with Crippen LogP contribution in [0.1, 0.15) is 53.0 Å². The molecule has 0 aliphatic carbocycles. The number of H-pyrrole nitrogens is 1. The monoisotopic (exact) mass is 365 g/mol. The molecule has 1 amide bonds. The number of nitrogens with one attached hydrogen (secondary N) is 3. The van der Waals surface area contributed by atoms with E-state index in [1.54, 1.807) is 0 Å². The van der Waals surface area contributed by atoms with E-state index < -0.39 is 0 Å². The lowest BCUT2D eigenvalue weighted by atomic mass is 9.96. The highest BCUT2D eigenvalue weighted by Crippen LogP contribution is 2.37. The van der Waals surface area contributed by atoms with Crippen molar-refractivity contribution in [2.45, 2.75) is 63.3 Å². The number of carbonyl (C=O) groups is 1. The van der Waals surface area contributed by atoms with Crippen molar-refractivity contribution < 1.29 is 4.79 Å². The van der Waals surface area contributed by atoms with Gasteiger partial charge in [-0.1, -0.05) is 30.3 Å². The lowest BCUT2D eigenvalue weighted by molar-refractivity contribution is 0.0822. The molecule has 1 aromatic carbocycles. The number of piperidine rings is 1. The summed E-state index contributed by atoms with van der Waals surface area (Å²) < 4.78 is 0. The van der Waals surface area contributed by atoms with Crippen molar-refractivity contribution in [3.8, 4) is 0 Å². The first kappa shape index (κ1) is 17.0. The van der Waals surface area contributed by atoms with Crippen LogP contribution in [0.4, 0.5) is 0 Å². The Balaban J connectivity index is 1.24. The Morgan fingerprint density at radius 3 is 2.74 bits per heavy atom. The molecule has 27 heavy (non-hydrogen) atoms. The molecule has 2 atom stereocenters. The Bertz CT molecular complexity index is 803. The van der Waals surface area contributed by atoms with Gasteiger partial charge >= 0.3 is 0 Å². The third-order valence-electron chi connectivity index (χ3n) is 6.45. The molecule has 1 aromatic heterocycles. The third kappa shape index (κ3) is 3.28. The Labute approximate surface area is 159 Å². The second-order valence-corrected chi connectivity index (χ2v) is 8.14. The van der Waals surface area contributed by atoms with E-state index in [0.717, 1.165) is 50.2 Å². The molecule has 2 fully saturated rings. The van der Waals surface area contributed by atoms with Gasteiger partial charge in [0.1, 0.15) is 0 Å². The van der Waals surface area contributed by atoms with Crippen LogP contribution in [0.2, 0.25) is 0 Å². The van der Waals surface area contributed by atoms with Gasteiger partial charge in [-0.05, 0) is 31.2 Å². The Hall–Kier alpha value is -2.18. The van der Waals surface area contributed by atoms with Gasteiger partial charge in [-0.15, -0.1) is 0 Å². The molecule has 2 saturated heterocycles. The molecular weight excluding hydrogens is 338 g/mol. The summed E-state index contributed by atoms with van der Waals surface area (Å²) in [5, 5.41) is 14.0. The van der Waals surface area contributed by atoms with Gasteiger partial charge in [0.2, 0.25) is 0 Å². The van der Waals surface area contributed by atoms with Gasteiger partial charge in [-0.25, -0.2) is 0 Å². The van der Waals surface area contributed by atoms with Crippen LogP contribution in [-0.2, 0) is 19.5 Å². The molecule has 6 nitrogen and oxygen atoms in total. The number of amides is 1. The van der Waals surface area contributed by atoms with Gasteiger partial charge in [-0.2, -0.15) is 5.10 Å². The third-order valence-corrected chi connectivity index (χ3v) is 6.45. The van der Waals surface area contributed by atoms with Crippen molar-refractivity contribution in [1.82, 2.24) is 25.7 Å². The number of hydrogen-bond acceptors (Lipinski definition) is 4. The summed E-state index contributed by atoms with van der Waals surface area (Å²) in [6, 6.07) is 12.1. The maximum absolute atomic E-state index is 12.8. The molecule has 3 aliphatic rings. The summed E-state index contributed by atoms with van der Waals surface area (Å²) in [6.45, 7) is 2.70. The zero-order valence-electron chi connectivity index (χ0n) is 15.6. The van der Waals surface area contributed by atoms with E-state index >= 15 is 0 Å². The number of aromatic nitrogens is 2. The highest BCUT2D eigenvalue weighted by atomic mass is 16.2. The largest absolute Gasteiger partial charge is 0.348 e. The van der Waals surface area contributed by atoms with Gasteiger partial charge in [-0.3, -0.25) is 14.8 Å². The first-order valence-corrected chi connectivity index (χ1v) is 10.2. The molecule has 0 saturated carbocycles. The van der Waals surface area contributed by atoms with E-state index in [2.05, 4.69) is 56.1 Å². The van der Waals surface area contributed by atoms with Crippen LogP contribution in [0.25, 0.3) is 0 Å². The number of nitrogens with zero attached hydrogens (tertiary/aromatic N) is 2. The van der Waals surface area contributed by atoms with Gasteiger partial charge in [0.05, 0.1) is 0 Å². The average molecular weight is 365 g/mol. The molecule has 2 aromatic rings. The number of rotatable bonds is 4. The van der Waals surface area contributed by atoms with E-state index in [9.17, 15) is 4.79 Å². The van der Waals surface area contributed by atoms with E-state index in [0.29, 0.717) is 17.8 Å². The summed E-state index contributed by atoms with van der Waals surface area (Å²) in [4.78, 5) is 15.5. The molecular formula is C21H27N5O. The van der Waals surface area contributed by atoms with Crippen molar-refractivity contribution in [3.63, 3.8) is 0 Å². The Morgan fingerprint density at radius 2 is 1.96 bits per heavy atom. The predicted molar refractivity (Wildman–Crippen MR) is 103 cm³/mol. The van der Waals surface area contributed by atoms with E-state index in [1.165, 1.54) is 18.4 Å². The molecule has 6 heteroatoms. The topological polar surface area (TPSA) is 73.0 Å². The fraction of sp³-hybridized carbons (Fsp3) is 0.524. The number of hydrogen-bond donors (Lipinski definition) is 3. The fourth-order valence-corrected chi connectivity index (χ4v) is 5.11. The fourth-order valence-electron chi connectivity index (χ4n) is 5.11. The maximum atomic E-state index is 12.8. The minimum atomic E-state index is -0.0166. The predicted octanol–water partition coefficient (Wildman–Crippen LogP) is 1.98.